The van der Waals surface area contributed by atoms with E-state index in [2.05, 4.69) is 15.5 Å². The minimum atomic E-state index is -3.88. The van der Waals surface area contributed by atoms with Crippen molar-refractivity contribution in [3.63, 3.8) is 0 Å². The van der Waals surface area contributed by atoms with Gasteiger partial charge in [0.2, 0.25) is 0 Å². The SMILES string of the molecule is CCc1ccc(OCc2nnnn2C)c(S(=O)(=O)Cl)c1. The summed E-state index contributed by atoms with van der Waals surface area (Å²) in [5.41, 5.74) is 0.858. The predicted octanol–water partition coefficient (Wildman–Crippen LogP) is 1.28. The molecule has 0 fully saturated rings. The standard InChI is InChI=1S/C11H13ClN4O3S/c1-3-8-4-5-9(10(6-8)20(12,17)18)19-7-11-13-14-15-16(11)2/h4-6H,3,7H2,1-2H3. The molecule has 9 heteroatoms. The van der Waals surface area contributed by atoms with Crippen LogP contribution in [0.15, 0.2) is 23.1 Å². The van der Waals surface area contributed by atoms with E-state index < -0.39 is 9.05 Å². The average molecular weight is 317 g/mol. The van der Waals surface area contributed by atoms with Gasteiger partial charge in [-0.2, -0.15) is 0 Å². The summed E-state index contributed by atoms with van der Waals surface area (Å²) < 4.78 is 30.1. The molecule has 1 aromatic carbocycles. The van der Waals surface area contributed by atoms with Gasteiger partial charge in [-0.05, 0) is 34.5 Å². The number of hydrogen-bond donors (Lipinski definition) is 0. The molecule has 20 heavy (non-hydrogen) atoms. The van der Waals surface area contributed by atoms with Crippen molar-refractivity contribution >= 4 is 19.7 Å². The zero-order valence-electron chi connectivity index (χ0n) is 10.9. The Morgan fingerprint density at radius 1 is 1.40 bits per heavy atom. The van der Waals surface area contributed by atoms with Gasteiger partial charge in [-0.1, -0.05) is 13.0 Å². The van der Waals surface area contributed by atoms with Gasteiger partial charge in [0.15, 0.2) is 5.82 Å². The number of halogens is 1. The number of rotatable bonds is 5. The Kier molecular flexibility index (Phi) is 4.24. The Bertz CT molecular complexity index is 714. The second-order valence-corrected chi connectivity index (χ2v) is 6.61. The van der Waals surface area contributed by atoms with Gasteiger partial charge >= 0.3 is 0 Å². The molecule has 1 heterocycles. The summed E-state index contributed by atoms with van der Waals surface area (Å²) in [7, 11) is 3.22. The minimum absolute atomic E-state index is 0.0476. The van der Waals surface area contributed by atoms with E-state index in [0.717, 1.165) is 5.56 Å². The number of tetrazole rings is 1. The smallest absolute Gasteiger partial charge is 0.264 e. The lowest BCUT2D eigenvalue weighted by atomic mass is 10.2. The Morgan fingerprint density at radius 2 is 2.15 bits per heavy atom. The van der Waals surface area contributed by atoms with Crippen molar-refractivity contribution in [3.05, 3.63) is 29.6 Å². The molecule has 0 amide bonds. The molecule has 0 saturated heterocycles. The van der Waals surface area contributed by atoms with Crippen LogP contribution < -0.4 is 4.74 Å². The normalized spacial score (nSPS) is 11.6. The summed E-state index contributed by atoms with van der Waals surface area (Å²) in [4.78, 5) is -0.0476. The number of ether oxygens (including phenoxy) is 1. The summed E-state index contributed by atoms with van der Waals surface area (Å²) in [5, 5.41) is 10.9. The second kappa shape index (κ2) is 5.76. The van der Waals surface area contributed by atoms with E-state index in [1.54, 1.807) is 19.2 Å². The molecule has 0 saturated carbocycles. The van der Waals surface area contributed by atoms with E-state index in [-0.39, 0.29) is 17.3 Å². The number of nitrogens with zero attached hydrogens (tertiary/aromatic N) is 4. The molecule has 0 aliphatic carbocycles. The molecule has 0 aliphatic heterocycles. The maximum atomic E-state index is 11.6. The van der Waals surface area contributed by atoms with Crippen LogP contribution in [0, 0.1) is 0 Å². The highest BCUT2D eigenvalue weighted by molar-refractivity contribution is 8.13. The fourth-order valence-electron chi connectivity index (χ4n) is 1.59. The maximum absolute atomic E-state index is 11.6. The van der Waals surface area contributed by atoms with Gasteiger partial charge in [0.25, 0.3) is 9.05 Å². The largest absolute Gasteiger partial charge is 0.484 e. The maximum Gasteiger partial charge on any atom is 0.264 e. The summed E-state index contributed by atoms with van der Waals surface area (Å²) in [5.74, 6) is 0.655. The van der Waals surface area contributed by atoms with Crippen LogP contribution in [0.4, 0.5) is 0 Å². The van der Waals surface area contributed by atoms with E-state index in [4.69, 9.17) is 15.4 Å². The van der Waals surface area contributed by atoms with E-state index in [1.165, 1.54) is 10.7 Å². The van der Waals surface area contributed by atoms with Crippen molar-refractivity contribution in [2.24, 2.45) is 7.05 Å². The summed E-state index contributed by atoms with van der Waals surface area (Å²) in [6.45, 7) is 1.97. The van der Waals surface area contributed by atoms with E-state index in [1.807, 2.05) is 6.92 Å². The molecule has 0 spiro atoms. The molecule has 0 bridgehead atoms. The van der Waals surface area contributed by atoms with Crippen LogP contribution in [0.2, 0.25) is 0 Å². The molecule has 2 aromatic rings. The van der Waals surface area contributed by atoms with Gasteiger partial charge in [0, 0.05) is 17.7 Å². The fraction of sp³-hybridized carbons (Fsp3) is 0.364. The van der Waals surface area contributed by atoms with Crippen molar-refractivity contribution in [3.8, 4) is 5.75 Å². The molecule has 0 unspecified atom stereocenters. The molecular formula is C11H13ClN4O3S. The monoisotopic (exact) mass is 316 g/mol. The zero-order chi connectivity index (χ0) is 14.8. The second-order valence-electron chi connectivity index (χ2n) is 4.08. The third kappa shape index (κ3) is 3.26. The highest BCUT2D eigenvalue weighted by Crippen LogP contribution is 2.28. The molecule has 0 aliphatic rings. The molecule has 0 radical (unpaired) electrons. The summed E-state index contributed by atoms with van der Waals surface area (Å²) in [6.07, 6.45) is 0.701. The van der Waals surface area contributed by atoms with Crippen LogP contribution in [0.5, 0.6) is 5.75 Å². The van der Waals surface area contributed by atoms with Gasteiger partial charge in [0.05, 0.1) is 0 Å². The van der Waals surface area contributed by atoms with Crippen LogP contribution in [0.3, 0.4) is 0 Å². The summed E-state index contributed by atoms with van der Waals surface area (Å²) >= 11 is 0. The van der Waals surface area contributed by atoms with Crippen LogP contribution in [0.1, 0.15) is 18.3 Å². The van der Waals surface area contributed by atoms with E-state index in [9.17, 15) is 8.42 Å². The molecule has 7 nitrogen and oxygen atoms in total. The Morgan fingerprint density at radius 3 is 2.70 bits per heavy atom. The minimum Gasteiger partial charge on any atom is -0.484 e. The lowest BCUT2D eigenvalue weighted by Gasteiger charge is -2.10. The molecule has 1 aromatic heterocycles. The highest BCUT2D eigenvalue weighted by atomic mass is 35.7. The molecule has 2 rings (SSSR count). The molecular weight excluding hydrogens is 304 g/mol. The van der Waals surface area contributed by atoms with Crippen molar-refractivity contribution in [1.82, 2.24) is 20.2 Å². The Balaban J connectivity index is 2.29. The quantitative estimate of drug-likeness (QED) is 0.772. The van der Waals surface area contributed by atoms with Gasteiger partial charge in [0.1, 0.15) is 17.3 Å². The predicted molar refractivity (Wildman–Crippen MR) is 72.0 cm³/mol. The fourth-order valence-corrected chi connectivity index (χ4v) is 2.62. The van der Waals surface area contributed by atoms with Crippen molar-refractivity contribution in [1.29, 1.82) is 0 Å². The highest BCUT2D eigenvalue weighted by Gasteiger charge is 2.18. The third-order valence-corrected chi connectivity index (χ3v) is 4.09. The first-order valence-corrected chi connectivity index (χ1v) is 8.14. The topological polar surface area (TPSA) is 87.0 Å². The zero-order valence-corrected chi connectivity index (χ0v) is 12.5. The lowest BCUT2D eigenvalue weighted by Crippen LogP contribution is -2.06. The average Bonchev–Trinajstić information content (AvgIpc) is 2.80. The first-order chi connectivity index (χ1) is 9.41. The Labute approximate surface area is 120 Å². The van der Waals surface area contributed by atoms with Crippen molar-refractivity contribution in [2.45, 2.75) is 24.8 Å². The Hall–Kier alpha value is -1.67. The van der Waals surface area contributed by atoms with Crippen LogP contribution >= 0.6 is 10.7 Å². The molecule has 0 N–H and O–H groups in total. The molecule has 108 valence electrons. The number of benzene rings is 1. The van der Waals surface area contributed by atoms with Crippen molar-refractivity contribution < 1.29 is 13.2 Å². The van der Waals surface area contributed by atoms with Crippen LogP contribution in [-0.4, -0.2) is 28.6 Å². The lowest BCUT2D eigenvalue weighted by molar-refractivity contribution is 0.282. The van der Waals surface area contributed by atoms with Gasteiger partial charge in [-0.3, -0.25) is 0 Å². The first kappa shape index (κ1) is 14.7. The van der Waals surface area contributed by atoms with Crippen LogP contribution in [0.25, 0.3) is 0 Å². The first-order valence-electron chi connectivity index (χ1n) is 5.83. The van der Waals surface area contributed by atoms with Gasteiger partial charge in [-0.15, -0.1) is 5.10 Å². The number of hydrogen-bond acceptors (Lipinski definition) is 6. The van der Waals surface area contributed by atoms with E-state index >= 15 is 0 Å². The third-order valence-electron chi connectivity index (χ3n) is 2.74. The summed E-state index contributed by atoms with van der Waals surface area (Å²) in [6, 6.07) is 4.88. The number of aromatic nitrogens is 4. The van der Waals surface area contributed by atoms with Gasteiger partial charge in [-0.25, -0.2) is 13.1 Å². The van der Waals surface area contributed by atoms with Crippen LogP contribution in [-0.2, 0) is 29.1 Å². The van der Waals surface area contributed by atoms with Gasteiger partial charge < -0.3 is 4.74 Å². The van der Waals surface area contributed by atoms with Crippen molar-refractivity contribution in [2.75, 3.05) is 0 Å². The van der Waals surface area contributed by atoms with E-state index in [0.29, 0.717) is 12.2 Å². The molecule has 0 atom stereocenters. The number of aryl methyl sites for hydroxylation is 2.